The first kappa shape index (κ1) is 18.8. The fourth-order valence-corrected chi connectivity index (χ4v) is 2.66. The Morgan fingerprint density at radius 2 is 1.89 bits per heavy atom. The predicted octanol–water partition coefficient (Wildman–Crippen LogP) is 2.15. The molecule has 11 nitrogen and oxygen atoms in total. The topological polar surface area (TPSA) is 134 Å². The third-order valence-electron chi connectivity index (χ3n) is 3.99. The Balaban J connectivity index is 1.93. The van der Waals surface area contributed by atoms with Crippen LogP contribution in [0.25, 0.3) is 5.69 Å². The molecule has 144 valence electrons. The molecule has 11 heteroatoms. The fourth-order valence-electron chi connectivity index (χ4n) is 2.66. The SMILES string of the molecule is COc1cc(C(=O)Nc2ccc(-n3cnnn3)c(C)c2)c([N+](=O)[O-])cc1OC. The second-order valence-corrected chi connectivity index (χ2v) is 5.69. The van der Waals surface area contributed by atoms with E-state index in [0.29, 0.717) is 5.69 Å². The van der Waals surface area contributed by atoms with E-state index in [-0.39, 0.29) is 17.1 Å². The van der Waals surface area contributed by atoms with Crippen LogP contribution in [0.4, 0.5) is 11.4 Å². The lowest BCUT2D eigenvalue weighted by molar-refractivity contribution is -0.385. The van der Waals surface area contributed by atoms with Crippen molar-refractivity contribution in [1.29, 1.82) is 0 Å². The maximum Gasteiger partial charge on any atom is 0.286 e. The average molecular weight is 384 g/mol. The molecule has 1 heterocycles. The van der Waals surface area contributed by atoms with Crippen LogP contribution in [0, 0.1) is 17.0 Å². The zero-order chi connectivity index (χ0) is 20.3. The number of aromatic nitrogens is 4. The molecule has 1 N–H and O–H groups in total. The van der Waals surface area contributed by atoms with Gasteiger partial charge in [-0.25, -0.2) is 4.68 Å². The molecule has 0 unspecified atom stereocenters. The van der Waals surface area contributed by atoms with E-state index < -0.39 is 16.5 Å². The number of tetrazole rings is 1. The quantitative estimate of drug-likeness (QED) is 0.504. The molecule has 2 aromatic carbocycles. The normalized spacial score (nSPS) is 10.4. The van der Waals surface area contributed by atoms with Gasteiger partial charge in [0.05, 0.1) is 30.9 Å². The summed E-state index contributed by atoms with van der Waals surface area (Å²) >= 11 is 0. The summed E-state index contributed by atoms with van der Waals surface area (Å²) in [5.74, 6) is -0.280. The number of amides is 1. The number of ether oxygens (including phenoxy) is 2. The van der Waals surface area contributed by atoms with Crippen molar-refractivity contribution in [3.8, 4) is 17.2 Å². The number of benzene rings is 2. The van der Waals surface area contributed by atoms with Crippen molar-refractivity contribution in [3.63, 3.8) is 0 Å². The summed E-state index contributed by atoms with van der Waals surface area (Å²) in [6.07, 6.45) is 1.45. The summed E-state index contributed by atoms with van der Waals surface area (Å²) in [7, 11) is 2.74. The van der Waals surface area contributed by atoms with Gasteiger partial charge >= 0.3 is 0 Å². The molecule has 0 spiro atoms. The molecule has 3 aromatic rings. The predicted molar refractivity (Wildman–Crippen MR) is 98.0 cm³/mol. The van der Waals surface area contributed by atoms with Crippen LogP contribution in [-0.4, -0.2) is 45.3 Å². The summed E-state index contributed by atoms with van der Waals surface area (Å²) < 4.78 is 11.7. The Kier molecular flexibility index (Phi) is 5.16. The number of aryl methyl sites for hydroxylation is 1. The van der Waals surface area contributed by atoms with E-state index in [1.54, 1.807) is 18.2 Å². The van der Waals surface area contributed by atoms with E-state index >= 15 is 0 Å². The molecule has 0 aliphatic carbocycles. The van der Waals surface area contributed by atoms with Crippen molar-refractivity contribution in [2.75, 3.05) is 19.5 Å². The minimum Gasteiger partial charge on any atom is -0.493 e. The van der Waals surface area contributed by atoms with E-state index in [0.717, 1.165) is 17.3 Å². The first-order valence-corrected chi connectivity index (χ1v) is 8.00. The number of nitro groups is 1. The van der Waals surface area contributed by atoms with Crippen molar-refractivity contribution in [1.82, 2.24) is 20.2 Å². The van der Waals surface area contributed by atoms with Crippen LogP contribution in [0.15, 0.2) is 36.7 Å². The third-order valence-corrected chi connectivity index (χ3v) is 3.99. The van der Waals surface area contributed by atoms with Gasteiger partial charge in [-0.2, -0.15) is 0 Å². The molecular formula is C17H16N6O5. The molecule has 0 saturated heterocycles. The Morgan fingerprint density at radius 1 is 1.18 bits per heavy atom. The van der Waals surface area contributed by atoms with Gasteiger partial charge in [-0.15, -0.1) is 5.10 Å². The molecule has 0 aliphatic rings. The summed E-state index contributed by atoms with van der Waals surface area (Å²) in [5.41, 5.74) is 1.46. The molecule has 0 fully saturated rings. The molecular weight excluding hydrogens is 368 g/mol. The van der Waals surface area contributed by atoms with Crippen LogP contribution in [0.5, 0.6) is 11.5 Å². The molecule has 0 bridgehead atoms. The molecule has 28 heavy (non-hydrogen) atoms. The van der Waals surface area contributed by atoms with E-state index in [9.17, 15) is 14.9 Å². The standard InChI is InChI=1S/C17H16N6O5/c1-10-6-11(4-5-13(10)22-9-18-20-21-22)19-17(24)12-7-15(27-2)16(28-3)8-14(12)23(25)26/h4-9H,1-3H3,(H,19,24). The van der Waals surface area contributed by atoms with Crippen LogP contribution < -0.4 is 14.8 Å². The Morgan fingerprint density at radius 3 is 2.46 bits per heavy atom. The van der Waals surface area contributed by atoms with Gasteiger partial charge in [-0.3, -0.25) is 14.9 Å². The van der Waals surface area contributed by atoms with Gasteiger partial charge in [0.2, 0.25) is 0 Å². The number of carbonyl (C=O) groups excluding carboxylic acids is 1. The number of carbonyl (C=O) groups is 1. The molecule has 0 atom stereocenters. The number of nitro benzene ring substituents is 1. The first-order valence-electron chi connectivity index (χ1n) is 8.00. The molecule has 3 rings (SSSR count). The molecule has 0 radical (unpaired) electrons. The van der Waals surface area contributed by atoms with Crippen molar-refractivity contribution >= 4 is 17.3 Å². The minimum absolute atomic E-state index is 0.148. The number of methoxy groups -OCH3 is 2. The Hall–Kier alpha value is -4.02. The van der Waals surface area contributed by atoms with Crippen molar-refractivity contribution < 1.29 is 19.2 Å². The minimum atomic E-state index is -0.651. The number of nitrogens with zero attached hydrogens (tertiary/aromatic N) is 5. The van der Waals surface area contributed by atoms with Crippen molar-refractivity contribution in [2.45, 2.75) is 6.92 Å². The largest absolute Gasteiger partial charge is 0.493 e. The van der Waals surface area contributed by atoms with E-state index in [4.69, 9.17) is 9.47 Å². The lowest BCUT2D eigenvalue weighted by atomic mass is 10.1. The van der Waals surface area contributed by atoms with Crippen LogP contribution in [-0.2, 0) is 0 Å². The van der Waals surface area contributed by atoms with Crippen LogP contribution >= 0.6 is 0 Å². The molecule has 0 aliphatic heterocycles. The summed E-state index contributed by atoms with van der Waals surface area (Å²) in [5, 5.41) is 25.0. The smallest absolute Gasteiger partial charge is 0.286 e. The molecule has 1 amide bonds. The fraction of sp³-hybridized carbons (Fsp3) is 0.176. The summed E-state index contributed by atoms with van der Waals surface area (Å²) in [4.78, 5) is 23.4. The van der Waals surface area contributed by atoms with Gasteiger partial charge in [0.15, 0.2) is 11.5 Å². The molecule has 1 aromatic heterocycles. The maximum atomic E-state index is 12.7. The van der Waals surface area contributed by atoms with Crippen molar-refractivity contribution in [2.24, 2.45) is 0 Å². The highest BCUT2D eigenvalue weighted by Gasteiger charge is 2.24. The van der Waals surface area contributed by atoms with Gasteiger partial charge in [0, 0.05) is 11.8 Å². The van der Waals surface area contributed by atoms with E-state index in [1.165, 1.54) is 31.3 Å². The summed E-state index contributed by atoms with van der Waals surface area (Å²) in [6.45, 7) is 1.82. The van der Waals surface area contributed by atoms with Gasteiger partial charge in [0.1, 0.15) is 11.9 Å². The summed E-state index contributed by atoms with van der Waals surface area (Å²) in [6, 6.07) is 7.51. The van der Waals surface area contributed by atoms with Gasteiger partial charge in [-0.05, 0) is 41.1 Å². The number of hydrogen-bond acceptors (Lipinski definition) is 8. The lowest BCUT2D eigenvalue weighted by Crippen LogP contribution is -2.15. The van der Waals surface area contributed by atoms with Gasteiger partial charge < -0.3 is 14.8 Å². The molecule has 0 saturated carbocycles. The van der Waals surface area contributed by atoms with E-state index in [2.05, 4.69) is 20.8 Å². The zero-order valence-electron chi connectivity index (χ0n) is 15.2. The van der Waals surface area contributed by atoms with Gasteiger partial charge in [-0.1, -0.05) is 0 Å². The van der Waals surface area contributed by atoms with Crippen LogP contribution in [0.3, 0.4) is 0 Å². The zero-order valence-corrected chi connectivity index (χ0v) is 15.2. The maximum absolute atomic E-state index is 12.7. The lowest BCUT2D eigenvalue weighted by Gasteiger charge is -2.12. The van der Waals surface area contributed by atoms with Crippen LogP contribution in [0.1, 0.15) is 15.9 Å². The number of anilines is 1. The second kappa shape index (κ2) is 7.70. The van der Waals surface area contributed by atoms with E-state index in [1.807, 2.05) is 6.92 Å². The second-order valence-electron chi connectivity index (χ2n) is 5.69. The highest BCUT2D eigenvalue weighted by molar-refractivity contribution is 6.07. The highest BCUT2D eigenvalue weighted by atomic mass is 16.6. The third kappa shape index (κ3) is 3.58. The first-order chi connectivity index (χ1) is 13.4. The monoisotopic (exact) mass is 384 g/mol. The average Bonchev–Trinajstić information content (AvgIpc) is 3.21. The van der Waals surface area contributed by atoms with Crippen molar-refractivity contribution in [3.05, 3.63) is 57.9 Å². The number of nitrogens with one attached hydrogen (secondary N) is 1. The van der Waals surface area contributed by atoms with Crippen LogP contribution in [0.2, 0.25) is 0 Å². The Bertz CT molecular complexity index is 1030. The number of hydrogen-bond donors (Lipinski definition) is 1. The number of rotatable bonds is 6. The highest BCUT2D eigenvalue weighted by Crippen LogP contribution is 2.35. The Labute approximate surface area is 159 Å². The van der Waals surface area contributed by atoms with Gasteiger partial charge in [0.25, 0.3) is 11.6 Å².